The van der Waals surface area contributed by atoms with E-state index in [9.17, 15) is 24.3 Å². The number of nitrogens with two attached hydrogens (primary N) is 1. The molecule has 0 spiro atoms. The number of hydrogen-bond donors (Lipinski definition) is 3. The van der Waals surface area contributed by atoms with Crippen molar-refractivity contribution in [3.63, 3.8) is 0 Å². The maximum absolute atomic E-state index is 12.3. The molecule has 1 atom stereocenters. The Balaban J connectivity index is 2.57. The van der Waals surface area contributed by atoms with Crippen molar-refractivity contribution in [2.75, 3.05) is 6.54 Å². The fourth-order valence-corrected chi connectivity index (χ4v) is 2.37. The third-order valence-electron chi connectivity index (χ3n) is 3.93. The van der Waals surface area contributed by atoms with E-state index in [4.69, 9.17) is 10.5 Å². The fraction of sp³-hybridized carbons (Fsp3) is 0.429. The molecule has 0 saturated carbocycles. The molecule has 0 aliphatic heterocycles. The van der Waals surface area contributed by atoms with E-state index in [2.05, 4.69) is 5.32 Å². The standard InChI is InChI=1S/C21H28N2O6/c1-20(2,3)29-19(28)23-14-8-7-13-21(22,18(26)27)17(25)12-11-16(24)15-9-5-4-6-10-15/h4-6,9-12H,7-8,13-14,22H2,1-3H3,(H,23,28)(H,26,27)/b12-11+/t21-/m0/s1. The molecule has 1 amide bonds. The fourth-order valence-electron chi connectivity index (χ4n) is 2.37. The second kappa shape index (κ2) is 10.5. The minimum atomic E-state index is -2.14. The number of ketones is 2. The van der Waals surface area contributed by atoms with Crippen LogP contribution in [0.3, 0.4) is 0 Å². The molecule has 1 rings (SSSR count). The van der Waals surface area contributed by atoms with Crippen molar-refractivity contribution in [2.45, 2.75) is 51.2 Å². The van der Waals surface area contributed by atoms with Crippen molar-refractivity contribution in [1.82, 2.24) is 5.32 Å². The highest BCUT2D eigenvalue weighted by atomic mass is 16.6. The van der Waals surface area contributed by atoms with Gasteiger partial charge in [0, 0.05) is 12.1 Å². The highest BCUT2D eigenvalue weighted by Crippen LogP contribution is 2.15. The maximum Gasteiger partial charge on any atom is 0.407 e. The lowest BCUT2D eigenvalue weighted by Gasteiger charge is -2.22. The minimum absolute atomic E-state index is 0.138. The number of alkyl carbamates (subject to hydrolysis) is 1. The van der Waals surface area contributed by atoms with Crippen LogP contribution in [0.4, 0.5) is 4.79 Å². The van der Waals surface area contributed by atoms with Crippen LogP contribution in [-0.2, 0) is 14.3 Å². The molecule has 1 aromatic rings. The van der Waals surface area contributed by atoms with Crippen molar-refractivity contribution in [2.24, 2.45) is 5.73 Å². The maximum atomic E-state index is 12.3. The van der Waals surface area contributed by atoms with E-state index in [0.29, 0.717) is 12.0 Å². The second-order valence-corrected chi connectivity index (χ2v) is 7.59. The molecule has 0 unspecified atom stereocenters. The normalized spacial score (nSPS) is 13.5. The number of carboxylic acids is 1. The van der Waals surface area contributed by atoms with Gasteiger partial charge in [0.2, 0.25) is 0 Å². The van der Waals surface area contributed by atoms with Crippen LogP contribution in [0.5, 0.6) is 0 Å². The summed E-state index contributed by atoms with van der Waals surface area (Å²) in [5.74, 6) is -2.76. The zero-order valence-electron chi connectivity index (χ0n) is 16.9. The molecule has 1 aromatic carbocycles. The third-order valence-corrected chi connectivity index (χ3v) is 3.93. The highest BCUT2D eigenvalue weighted by molar-refractivity contribution is 6.16. The zero-order chi connectivity index (χ0) is 22.1. The summed E-state index contributed by atoms with van der Waals surface area (Å²) in [5.41, 5.74) is 3.43. The summed E-state index contributed by atoms with van der Waals surface area (Å²) in [5, 5.41) is 12.0. The molecular formula is C21H28N2O6. The summed E-state index contributed by atoms with van der Waals surface area (Å²) in [4.78, 5) is 47.5. The number of hydrogen-bond acceptors (Lipinski definition) is 6. The first-order valence-corrected chi connectivity index (χ1v) is 9.27. The van der Waals surface area contributed by atoms with Crippen LogP contribution in [0.2, 0.25) is 0 Å². The molecule has 8 nitrogen and oxygen atoms in total. The number of carboxylic acid groups (broad SMARTS) is 1. The summed E-state index contributed by atoms with van der Waals surface area (Å²) in [6, 6.07) is 8.28. The van der Waals surface area contributed by atoms with Gasteiger partial charge in [-0.05, 0) is 52.2 Å². The van der Waals surface area contributed by atoms with E-state index in [1.54, 1.807) is 51.1 Å². The predicted molar refractivity (Wildman–Crippen MR) is 108 cm³/mol. The third kappa shape index (κ3) is 8.27. The highest BCUT2D eigenvalue weighted by Gasteiger charge is 2.39. The summed E-state index contributed by atoms with van der Waals surface area (Å²) < 4.78 is 5.09. The van der Waals surface area contributed by atoms with Gasteiger partial charge in [-0.15, -0.1) is 0 Å². The largest absolute Gasteiger partial charge is 0.480 e. The van der Waals surface area contributed by atoms with Crippen LogP contribution in [-0.4, -0.2) is 46.4 Å². The Morgan fingerprint density at radius 1 is 1.07 bits per heavy atom. The topological polar surface area (TPSA) is 136 Å². The summed E-state index contributed by atoms with van der Waals surface area (Å²) in [6.07, 6.45) is 1.90. The number of amides is 1. The molecule has 0 heterocycles. The van der Waals surface area contributed by atoms with Crippen molar-refractivity contribution in [3.8, 4) is 0 Å². The second-order valence-electron chi connectivity index (χ2n) is 7.59. The molecule has 0 saturated heterocycles. The van der Waals surface area contributed by atoms with Gasteiger partial charge >= 0.3 is 12.1 Å². The number of carbonyl (C=O) groups is 4. The smallest absolute Gasteiger partial charge is 0.407 e. The molecule has 29 heavy (non-hydrogen) atoms. The molecular weight excluding hydrogens is 376 g/mol. The Hall–Kier alpha value is -3.00. The van der Waals surface area contributed by atoms with Crippen molar-refractivity contribution >= 4 is 23.6 Å². The summed E-state index contributed by atoms with van der Waals surface area (Å²) in [7, 11) is 0. The van der Waals surface area contributed by atoms with Gasteiger partial charge in [0.1, 0.15) is 5.60 Å². The van der Waals surface area contributed by atoms with Gasteiger partial charge < -0.3 is 20.9 Å². The van der Waals surface area contributed by atoms with Gasteiger partial charge in [0.25, 0.3) is 0 Å². The van der Waals surface area contributed by atoms with E-state index >= 15 is 0 Å². The number of ether oxygens (including phenoxy) is 1. The molecule has 0 aliphatic carbocycles. The predicted octanol–water partition coefficient (Wildman–Crippen LogP) is 2.47. The van der Waals surface area contributed by atoms with Gasteiger partial charge in [-0.25, -0.2) is 9.59 Å². The van der Waals surface area contributed by atoms with Gasteiger partial charge in [-0.1, -0.05) is 30.3 Å². The van der Waals surface area contributed by atoms with Crippen LogP contribution >= 0.6 is 0 Å². The first-order valence-electron chi connectivity index (χ1n) is 9.27. The van der Waals surface area contributed by atoms with E-state index in [0.717, 1.165) is 12.2 Å². The van der Waals surface area contributed by atoms with Gasteiger partial charge in [-0.3, -0.25) is 9.59 Å². The number of allylic oxidation sites excluding steroid dienone is 1. The van der Waals surface area contributed by atoms with Gasteiger partial charge in [0.15, 0.2) is 17.1 Å². The average Bonchev–Trinajstić information content (AvgIpc) is 2.64. The summed E-state index contributed by atoms with van der Waals surface area (Å²) >= 11 is 0. The molecule has 0 bridgehead atoms. The monoisotopic (exact) mass is 404 g/mol. The Morgan fingerprint density at radius 2 is 1.69 bits per heavy atom. The number of benzene rings is 1. The Bertz CT molecular complexity index is 767. The van der Waals surface area contributed by atoms with E-state index in [1.807, 2.05) is 0 Å². The quantitative estimate of drug-likeness (QED) is 0.236. The lowest BCUT2D eigenvalue weighted by molar-refractivity contribution is -0.147. The number of aliphatic carboxylic acids is 1. The molecule has 0 aliphatic rings. The van der Waals surface area contributed by atoms with Crippen LogP contribution in [0.1, 0.15) is 50.4 Å². The van der Waals surface area contributed by atoms with Crippen molar-refractivity contribution in [3.05, 3.63) is 48.0 Å². The van der Waals surface area contributed by atoms with Gasteiger partial charge in [-0.2, -0.15) is 0 Å². The van der Waals surface area contributed by atoms with Crippen molar-refractivity contribution in [1.29, 1.82) is 0 Å². The molecule has 158 valence electrons. The summed E-state index contributed by atoms with van der Waals surface area (Å²) in [6.45, 7) is 5.47. The number of nitrogens with one attached hydrogen (secondary N) is 1. The lowest BCUT2D eigenvalue weighted by Crippen LogP contribution is -2.54. The number of carbonyl (C=O) groups excluding carboxylic acids is 3. The minimum Gasteiger partial charge on any atom is -0.480 e. The average molecular weight is 404 g/mol. The van der Waals surface area contributed by atoms with Crippen LogP contribution in [0.25, 0.3) is 0 Å². The Morgan fingerprint density at radius 3 is 2.24 bits per heavy atom. The zero-order valence-corrected chi connectivity index (χ0v) is 16.9. The lowest BCUT2D eigenvalue weighted by atomic mass is 9.88. The first kappa shape index (κ1) is 24.0. The van der Waals surface area contributed by atoms with Crippen LogP contribution in [0.15, 0.2) is 42.5 Å². The van der Waals surface area contributed by atoms with Crippen LogP contribution in [0, 0.1) is 0 Å². The van der Waals surface area contributed by atoms with Crippen molar-refractivity contribution < 1.29 is 29.0 Å². The Kier molecular flexibility index (Phi) is 8.72. The molecule has 0 aromatic heterocycles. The van der Waals surface area contributed by atoms with E-state index in [1.165, 1.54) is 0 Å². The van der Waals surface area contributed by atoms with Gasteiger partial charge in [0.05, 0.1) is 0 Å². The van der Waals surface area contributed by atoms with E-state index in [-0.39, 0.29) is 19.4 Å². The molecule has 4 N–H and O–H groups in total. The Labute approximate surface area is 170 Å². The molecule has 0 fully saturated rings. The van der Waals surface area contributed by atoms with E-state index < -0.39 is 34.8 Å². The number of rotatable bonds is 10. The molecule has 0 radical (unpaired) electrons. The molecule has 8 heteroatoms. The SMILES string of the molecule is CC(C)(C)OC(=O)NCCCC[C@@](N)(C(=O)O)C(=O)/C=C/C(=O)c1ccccc1. The first-order chi connectivity index (χ1) is 13.5. The number of unbranched alkanes of at least 4 members (excludes halogenated alkanes) is 1. The van der Waals surface area contributed by atoms with Crippen LogP contribution < -0.4 is 11.1 Å².